The van der Waals surface area contributed by atoms with E-state index in [9.17, 15) is 0 Å². The topological polar surface area (TPSA) is 77.8 Å². The molecule has 2 aliphatic heterocycles. The van der Waals surface area contributed by atoms with Crippen LogP contribution in [0.2, 0.25) is 0 Å². The van der Waals surface area contributed by atoms with Gasteiger partial charge in [-0.3, -0.25) is 9.89 Å². The molecular weight excluding hydrogens is 410 g/mol. The van der Waals surface area contributed by atoms with Gasteiger partial charge in [-0.1, -0.05) is 35.0 Å². The summed E-state index contributed by atoms with van der Waals surface area (Å²) in [5, 5.41) is 11.2. The van der Waals surface area contributed by atoms with Crippen LogP contribution in [0.15, 0.2) is 45.7 Å². The molecule has 0 saturated carbocycles. The minimum absolute atomic E-state index is 0.0132. The molecule has 3 atom stereocenters. The van der Waals surface area contributed by atoms with Gasteiger partial charge in [0, 0.05) is 18.0 Å². The standard InChI is InChI=1S/C19H18BrN5S/c1-11-8-23-18-16(20)17(24-19(22)25(18)9-11)15-6-14(10-26-15)13-4-2-3-12(5-13)7-21/h2-6,10-11,16-17H,8-9H2,1H3,(H2,22,24)/t11?,16?,17-/m1/s1. The molecule has 4 rings (SSSR count). The Labute approximate surface area is 165 Å². The van der Waals surface area contributed by atoms with Gasteiger partial charge in [0.05, 0.1) is 16.5 Å². The highest BCUT2D eigenvalue weighted by Gasteiger charge is 2.38. The van der Waals surface area contributed by atoms with Crippen LogP contribution >= 0.6 is 27.3 Å². The molecule has 0 fully saturated rings. The Morgan fingerprint density at radius 2 is 2.19 bits per heavy atom. The molecule has 5 nitrogen and oxygen atoms in total. The van der Waals surface area contributed by atoms with Crippen LogP contribution in [0, 0.1) is 17.2 Å². The third kappa shape index (κ3) is 3.04. The second-order valence-electron chi connectivity index (χ2n) is 6.68. The molecule has 26 heavy (non-hydrogen) atoms. The number of hydrogen-bond donors (Lipinski definition) is 1. The minimum Gasteiger partial charge on any atom is -0.369 e. The summed E-state index contributed by atoms with van der Waals surface area (Å²) < 4.78 is 0. The molecule has 2 N–H and O–H groups in total. The monoisotopic (exact) mass is 427 g/mol. The molecule has 1 aromatic carbocycles. The van der Waals surface area contributed by atoms with Crippen molar-refractivity contribution in [3.05, 3.63) is 46.2 Å². The van der Waals surface area contributed by atoms with Crippen LogP contribution in [0.3, 0.4) is 0 Å². The molecule has 2 unspecified atom stereocenters. The summed E-state index contributed by atoms with van der Waals surface area (Å²) >= 11 is 5.46. The van der Waals surface area contributed by atoms with Crippen LogP contribution in [0.4, 0.5) is 0 Å². The minimum atomic E-state index is -0.0868. The van der Waals surface area contributed by atoms with Gasteiger partial charge in [0.2, 0.25) is 0 Å². The number of nitrogens with two attached hydrogens (primary N) is 1. The predicted octanol–water partition coefficient (Wildman–Crippen LogP) is 3.77. The SMILES string of the molecule is CC1CN=C2C(Br)[C@@H](c3cc(-c4cccc(C#N)c4)cs3)N=C(N)N2C1. The molecular formula is C19H18BrN5S. The van der Waals surface area contributed by atoms with E-state index in [1.54, 1.807) is 11.3 Å². The number of nitrogens with zero attached hydrogens (tertiary/aromatic N) is 4. The van der Waals surface area contributed by atoms with E-state index >= 15 is 0 Å². The third-order valence-corrected chi connectivity index (χ3v) is 6.56. The van der Waals surface area contributed by atoms with E-state index in [0.717, 1.165) is 34.9 Å². The summed E-state index contributed by atoms with van der Waals surface area (Å²) in [6.45, 7) is 3.86. The van der Waals surface area contributed by atoms with E-state index in [4.69, 9.17) is 21.0 Å². The predicted molar refractivity (Wildman–Crippen MR) is 110 cm³/mol. The van der Waals surface area contributed by atoms with Crippen LogP contribution in [0.5, 0.6) is 0 Å². The largest absolute Gasteiger partial charge is 0.369 e. The van der Waals surface area contributed by atoms with E-state index in [0.29, 0.717) is 17.4 Å². The zero-order valence-electron chi connectivity index (χ0n) is 14.3. The van der Waals surface area contributed by atoms with Crippen molar-refractivity contribution in [1.82, 2.24) is 4.90 Å². The maximum Gasteiger partial charge on any atom is 0.197 e. The molecule has 0 spiro atoms. The molecule has 0 saturated heterocycles. The Balaban J connectivity index is 1.67. The molecule has 1 aromatic heterocycles. The second kappa shape index (κ2) is 6.86. The molecule has 132 valence electrons. The first-order valence-electron chi connectivity index (χ1n) is 8.45. The number of thiophene rings is 1. The zero-order chi connectivity index (χ0) is 18.3. The average Bonchev–Trinajstić information content (AvgIpc) is 3.14. The highest BCUT2D eigenvalue weighted by Crippen LogP contribution is 2.38. The molecule has 0 radical (unpaired) electrons. The first-order valence-corrected chi connectivity index (χ1v) is 10.2. The number of fused-ring (bicyclic) bond motifs is 1. The molecule has 7 heteroatoms. The lowest BCUT2D eigenvalue weighted by Gasteiger charge is -2.39. The van der Waals surface area contributed by atoms with Crippen LogP contribution in [0.1, 0.15) is 23.4 Å². The quantitative estimate of drug-likeness (QED) is 0.740. The summed E-state index contributed by atoms with van der Waals surface area (Å²) in [6, 6.07) is 11.9. The number of rotatable bonds is 2. The molecule has 2 aromatic rings. The molecule has 2 aliphatic rings. The Morgan fingerprint density at radius 3 is 3.00 bits per heavy atom. The van der Waals surface area contributed by atoms with Gasteiger partial charge in [0.15, 0.2) is 5.96 Å². The number of nitriles is 1. The summed E-state index contributed by atoms with van der Waals surface area (Å²) in [7, 11) is 0. The van der Waals surface area contributed by atoms with Crippen molar-refractivity contribution in [2.24, 2.45) is 21.6 Å². The van der Waals surface area contributed by atoms with Crippen molar-refractivity contribution in [1.29, 1.82) is 5.26 Å². The lowest BCUT2D eigenvalue weighted by atomic mass is 10.0. The summed E-state index contributed by atoms with van der Waals surface area (Å²) in [5.74, 6) is 1.99. The van der Waals surface area contributed by atoms with Gasteiger partial charge < -0.3 is 5.73 Å². The number of hydrogen-bond acceptors (Lipinski definition) is 6. The van der Waals surface area contributed by atoms with Gasteiger partial charge in [-0.05, 0) is 40.6 Å². The molecule has 0 aliphatic carbocycles. The highest BCUT2D eigenvalue weighted by molar-refractivity contribution is 9.10. The second-order valence-corrected chi connectivity index (χ2v) is 8.61. The average molecular weight is 428 g/mol. The van der Waals surface area contributed by atoms with E-state index in [1.807, 2.05) is 29.2 Å². The Bertz CT molecular complexity index is 941. The number of guanidine groups is 1. The fourth-order valence-electron chi connectivity index (χ4n) is 3.30. The van der Waals surface area contributed by atoms with Crippen molar-refractivity contribution >= 4 is 39.1 Å². The maximum absolute atomic E-state index is 9.11. The van der Waals surface area contributed by atoms with Gasteiger partial charge in [-0.15, -0.1) is 11.3 Å². The van der Waals surface area contributed by atoms with Gasteiger partial charge in [0.1, 0.15) is 11.9 Å². The summed E-state index contributed by atoms with van der Waals surface area (Å²) in [6.07, 6.45) is 0. The first-order chi connectivity index (χ1) is 12.6. The first kappa shape index (κ1) is 17.3. The number of benzene rings is 1. The number of aliphatic imine (C=N–C) groups is 2. The van der Waals surface area contributed by atoms with Crippen molar-refractivity contribution < 1.29 is 0 Å². The van der Waals surface area contributed by atoms with E-state index in [1.165, 1.54) is 0 Å². The van der Waals surface area contributed by atoms with Gasteiger partial charge in [-0.2, -0.15) is 5.26 Å². The maximum atomic E-state index is 9.11. The summed E-state index contributed by atoms with van der Waals surface area (Å²) in [5.41, 5.74) is 9.03. The Hall–Kier alpha value is -2.17. The smallest absolute Gasteiger partial charge is 0.197 e. The van der Waals surface area contributed by atoms with Crippen molar-refractivity contribution in [2.75, 3.05) is 13.1 Å². The number of halogens is 1. The van der Waals surface area contributed by atoms with Crippen LogP contribution in [0.25, 0.3) is 11.1 Å². The Morgan fingerprint density at radius 1 is 1.35 bits per heavy atom. The molecule has 0 amide bonds. The van der Waals surface area contributed by atoms with Crippen molar-refractivity contribution in [3.63, 3.8) is 0 Å². The number of alkyl halides is 1. The zero-order valence-corrected chi connectivity index (χ0v) is 16.7. The lowest BCUT2D eigenvalue weighted by Crippen LogP contribution is -2.54. The molecule has 3 heterocycles. The fraction of sp³-hybridized carbons (Fsp3) is 0.316. The van der Waals surface area contributed by atoms with Gasteiger partial charge in [0.25, 0.3) is 0 Å². The lowest BCUT2D eigenvalue weighted by molar-refractivity contribution is 0.414. The van der Waals surface area contributed by atoms with Gasteiger partial charge in [-0.25, -0.2) is 4.99 Å². The van der Waals surface area contributed by atoms with E-state index < -0.39 is 0 Å². The van der Waals surface area contributed by atoms with Crippen molar-refractivity contribution in [3.8, 4) is 17.2 Å². The highest BCUT2D eigenvalue weighted by atomic mass is 79.9. The number of amidine groups is 1. The van der Waals surface area contributed by atoms with Crippen LogP contribution in [-0.4, -0.2) is 34.6 Å². The van der Waals surface area contributed by atoms with E-state index in [-0.39, 0.29) is 10.9 Å². The fourth-order valence-corrected chi connectivity index (χ4v) is 5.26. The summed E-state index contributed by atoms with van der Waals surface area (Å²) in [4.78, 5) is 12.6. The molecule has 0 bridgehead atoms. The van der Waals surface area contributed by atoms with Crippen LogP contribution in [-0.2, 0) is 0 Å². The van der Waals surface area contributed by atoms with Crippen molar-refractivity contribution in [2.45, 2.75) is 17.8 Å². The normalized spacial score (nSPS) is 25.1. The van der Waals surface area contributed by atoms with E-state index in [2.05, 4.69) is 40.4 Å². The third-order valence-electron chi connectivity index (χ3n) is 4.64. The van der Waals surface area contributed by atoms with Crippen LogP contribution < -0.4 is 5.73 Å². The Kier molecular flexibility index (Phi) is 4.55. The van der Waals surface area contributed by atoms with Gasteiger partial charge >= 0.3 is 0 Å².